The number of nitrogens with zero attached hydrogens (tertiary/aromatic N) is 1. The van der Waals surface area contributed by atoms with E-state index in [9.17, 15) is 13.2 Å². The van der Waals surface area contributed by atoms with E-state index in [2.05, 4.69) is 0 Å². The van der Waals surface area contributed by atoms with Crippen molar-refractivity contribution in [1.29, 1.82) is 0 Å². The van der Waals surface area contributed by atoms with Gasteiger partial charge in [-0.1, -0.05) is 61.5 Å². The Morgan fingerprint density at radius 2 is 1.59 bits per heavy atom. The minimum atomic E-state index is -3.69. The fourth-order valence-corrected chi connectivity index (χ4v) is 4.51. The van der Waals surface area contributed by atoms with Crippen LogP contribution in [0, 0.1) is 0 Å². The molecule has 3 aromatic rings. The van der Waals surface area contributed by atoms with Gasteiger partial charge in [-0.3, -0.25) is 0 Å². The number of aliphatic carboxylic acids is 1. The van der Waals surface area contributed by atoms with E-state index < -0.39 is 16.0 Å². The standard InChI is InChI=1S/C25H25NO5S/c1-2-26(32(29,30)24-15-10-20(11-16-24)12-17-25(27)28)18-21-8-13-23(14-9-21)31-19-22-6-4-3-5-7-22/h3-17H,2,18-19H2,1H3,(H,27,28). The van der Waals surface area contributed by atoms with Crippen molar-refractivity contribution in [2.24, 2.45) is 0 Å². The van der Waals surface area contributed by atoms with Crippen LogP contribution in [0.1, 0.15) is 23.6 Å². The molecule has 0 saturated carbocycles. The Morgan fingerprint density at radius 1 is 0.938 bits per heavy atom. The van der Waals surface area contributed by atoms with E-state index in [1.807, 2.05) is 54.6 Å². The number of ether oxygens (including phenoxy) is 1. The minimum Gasteiger partial charge on any atom is -0.489 e. The summed E-state index contributed by atoms with van der Waals surface area (Å²) in [5.74, 6) is -0.344. The van der Waals surface area contributed by atoms with Crippen LogP contribution in [0.4, 0.5) is 0 Å². The summed E-state index contributed by atoms with van der Waals surface area (Å²) in [6.45, 7) is 2.81. The number of benzene rings is 3. The van der Waals surface area contributed by atoms with Gasteiger partial charge >= 0.3 is 5.97 Å². The molecular weight excluding hydrogens is 426 g/mol. The van der Waals surface area contributed by atoms with E-state index in [-0.39, 0.29) is 11.4 Å². The normalized spacial score (nSPS) is 11.7. The van der Waals surface area contributed by atoms with Gasteiger partial charge in [0.05, 0.1) is 4.90 Å². The highest BCUT2D eigenvalue weighted by Crippen LogP contribution is 2.21. The topological polar surface area (TPSA) is 83.9 Å². The highest BCUT2D eigenvalue weighted by atomic mass is 32.2. The van der Waals surface area contributed by atoms with Gasteiger partial charge in [0, 0.05) is 19.2 Å². The summed E-state index contributed by atoms with van der Waals surface area (Å²) in [4.78, 5) is 10.8. The number of carboxylic acid groups (broad SMARTS) is 1. The average molecular weight is 452 g/mol. The molecular formula is C25H25NO5S. The van der Waals surface area contributed by atoms with Gasteiger partial charge in [-0.2, -0.15) is 4.31 Å². The molecule has 166 valence electrons. The first-order chi connectivity index (χ1) is 15.4. The largest absolute Gasteiger partial charge is 0.489 e. The molecule has 0 amide bonds. The van der Waals surface area contributed by atoms with Crippen molar-refractivity contribution in [1.82, 2.24) is 4.31 Å². The zero-order chi connectivity index (χ0) is 23.0. The number of rotatable bonds is 10. The van der Waals surface area contributed by atoms with Gasteiger partial charge in [-0.25, -0.2) is 13.2 Å². The molecule has 0 spiro atoms. The molecule has 1 N–H and O–H groups in total. The lowest BCUT2D eigenvalue weighted by molar-refractivity contribution is -0.131. The van der Waals surface area contributed by atoms with Crippen LogP contribution < -0.4 is 4.74 Å². The Hall–Kier alpha value is -3.42. The van der Waals surface area contributed by atoms with Crippen LogP contribution in [0.25, 0.3) is 6.08 Å². The van der Waals surface area contributed by atoms with Gasteiger partial charge in [0.25, 0.3) is 0 Å². The molecule has 0 unspecified atom stereocenters. The summed E-state index contributed by atoms with van der Waals surface area (Å²) >= 11 is 0. The quantitative estimate of drug-likeness (QED) is 0.457. The van der Waals surface area contributed by atoms with Gasteiger partial charge in [-0.15, -0.1) is 0 Å². The van der Waals surface area contributed by atoms with Crippen molar-refractivity contribution >= 4 is 22.1 Å². The summed E-state index contributed by atoms with van der Waals surface area (Å²) in [6.07, 6.45) is 2.42. The average Bonchev–Trinajstić information content (AvgIpc) is 2.81. The second-order valence-corrected chi connectivity index (χ2v) is 9.03. The van der Waals surface area contributed by atoms with Crippen LogP contribution in [0.5, 0.6) is 5.75 Å². The molecule has 0 radical (unpaired) electrons. The van der Waals surface area contributed by atoms with Crippen molar-refractivity contribution < 1.29 is 23.1 Å². The molecule has 0 aromatic heterocycles. The number of hydrogen-bond donors (Lipinski definition) is 1. The van der Waals surface area contributed by atoms with Crippen LogP contribution in [-0.2, 0) is 28.0 Å². The zero-order valence-electron chi connectivity index (χ0n) is 17.7. The van der Waals surface area contributed by atoms with Gasteiger partial charge in [0.1, 0.15) is 12.4 Å². The van der Waals surface area contributed by atoms with E-state index in [4.69, 9.17) is 9.84 Å². The van der Waals surface area contributed by atoms with Crippen LogP contribution in [0.3, 0.4) is 0 Å². The molecule has 6 nitrogen and oxygen atoms in total. The summed E-state index contributed by atoms with van der Waals surface area (Å²) in [6, 6.07) is 23.4. The molecule has 0 aliphatic carbocycles. The summed E-state index contributed by atoms with van der Waals surface area (Å²) < 4.78 is 33.3. The van der Waals surface area contributed by atoms with Crippen molar-refractivity contribution in [2.45, 2.75) is 25.0 Å². The maximum atomic E-state index is 13.1. The molecule has 32 heavy (non-hydrogen) atoms. The summed E-state index contributed by atoms with van der Waals surface area (Å²) in [7, 11) is -3.69. The smallest absolute Gasteiger partial charge is 0.328 e. The third-order valence-electron chi connectivity index (χ3n) is 4.82. The lowest BCUT2D eigenvalue weighted by Gasteiger charge is -2.21. The van der Waals surface area contributed by atoms with Gasteiger partial charge in [0.15, 0.2) is 0 Å². The van der Waals surface area contributed by atoms with E-state index in [1.54, 1.807) is 19.1 Å². The molecule has 0 aliphatic rings. The second kappa shape index (κ2) is 10.7. The number of carbonyl (C=O) groups is 1. The van der Waals surface area contributed by atoms with Crippen LogP contribution >= 0.6 is 0 Å². The molecule has 0 heterocycles. The molecule has 0 fully saturated rings. The first-order valence-electron chi connectivity index (χ1n) is 10.2. The second-order valence-electron chi connectivity index (χ2n) is 7.09. The highest BCUT2D eigenvalue weighted by molar-refractivity contribution is 7.89. The van der Waals surface area contributed by atoms with Crippen molar-refractivity contribution in [3.05, 3.63) is 102 Å². The van der Waals surface area contributed by atoms with E-state index in [1.165, 1.54) is 22.5 Å². The third kappa shape index (κ3) is 6.29. The zero-order valence-corrected chi connectivity index (χ0v) is 18.5. The van der Waals surface area contributed by atoms with Crippen molar-refractivity contribution in [3.63, 3.8) is 0 Å². The van der Waals surface area contributed by atoms with Gasteiger partial charge in [0.2, 0.25) is 10.0 Å². The van der Waals surface area contributed by atoms with E-state index in [0.29, 0.717) is 24.5 Å². The van der Waals surface area contributed by atoms with Crippen LogP contribution in [0.2, 0.25) is 0 Å². The molecule has 7 heteroatoms. The monoisotopic (exact) mass is 451 g/mol. The number of hydrogen-bond acceptors (Lipinski definition) is 4. The molecule has 0 saturated heterocycles. The first-order valence-corrected chi connectivity index (χ1v) is 11.6. The van der Waals surface area contributed by atoms with Crippen LogP contribution in [0.15, 0.2) is 89.8 Å². The Morgan fingerprint density at radius 3 is 2.19 bits per heavy atom. The molecule has 0 atom stereocenters. The fourth-order valence-electron chi connectivity index (χ4n) is 3.07. The molecule has 3 aromatic carbocycles. The van der Waals surface area contributed by atoms with Gasteiger partial charge in [-0.05, 0) is 47.0 Å². The van der Waals surface area contributed by atoms with Gasteiger partial charge < -0.3 is 9.84 Å². The predicted octanol–water partition coefficient (Wildman–Crippen LogP) is 4.57. The highest BCUT2D eigenvalue weighted by Gasteiger charge is 2.23. The van der Waals surface area contributed by atoms with Crippen LogP contribution in [-0.4, -0.2) is 30.3 Å². The first kappa shape index (κ1) is 23.2. The maximum absolute atomic E-state index is 13.1. The maximum Gasteiger partial charge on any atom is 0.328 e. The Balaban J connectivity index is 1.66. The number of carboxylic acids is 1. The Kier molecular flexibility index (Phi) is 7.81. The number of sulfonamides is 1. The molecule has 0 bridgehead atoms. The predicted molar refractivity (Wildman–Crippen MR) is 124 cm³/mol. The molecule has 3 rings (SSSR count). The van der Waals surface area contributed by atoms with Crippen molar-refractivity contribution in [3.8, 4) is 5.75 Å². The summed E-state index contributed by atoms with van der Waals surface area (Å²) in [5.41, 5.74) is 2.54. The Bertz CT molecular complexity index is 1160. The summed E-state index contributed by atoms with van der Waals surface area (Å²) in [5, 5.41) is 8.71. The SMILES string of the molecule is CCN(Cc1ccc(OCc2ccccc2)cc1)S(=O)(=O)c1ccc(C=CC(=O)O)cc1. The van der Waals surface area contributed by atoms with Crippen molar-refractivity contribution in [2.75, 3.05) is 6.54 Å². The lowest BCUT2D eigenvalue weighted by atomic mass is 10.2. The lowest BCUT2D eigenvalue weighted by Crippen LogP contribution is -2.30. The molecule has 0 aliphatic heterocycles. The van der Waals surface area contributed by atoms with E-state index >= 15 is 0 Å². The Labute approximate surface area is 188 Å². The fraction of sp³-hybridized carbons (Fsp3) is 0.160. The third-order valence-corrected chi connectivity index (χ3v) is 6.75. The minimum absolute atomic E-state index is 0.162. The van der Waals surface area contributed by atoms with E-state index in [0.717, 1.165) is 17.2 Å².